The Morgan fingerprint density at radius 3 is 1.04 bits per heavy atom. The van der Waals surface area contributed by atoms with Crippen molar-refractivity contribution < 1.29 is 0 Å². The van der Waals surface area contributed by atoms with Crippen molar-refractivity contribution in [2.75, 3.05) is 20.4 Å². The van der Waals surface area contributed by atoms with Crippen molar-refractivity contribution in [2.45, 2.75) is 0 Å². The fraction of sp³-hybridized carbons (Fsp3) is 0. The molecule has 0 heterocycles. The highest BCUT2D eigenvalue weighted by Crippen LogP contribution is 2.48. The number of hydrogen-bond acceptors (Lipinski definition) is 4. The Hall–Kier alpha value is -9.64. The minimum absolute atomic E-state index is 1.01. The lowest BCUT2D eigenvalue weighted by Gasteiger charge is -2.27. The summed E-state index contributed by atoms with van der Waals surface area (Å²) in [5.74, 6) is 0. The van der Waals surface area contributed by atoms with Gasteiger partial charge in [0.15, 0.2) is 0 Å². The monoisotopic (exact) mass is 922 g/mol. The van der Waals surface area contributed by atoms with Crippen LogP contribution in [0, 0.1) is 0 Å². The van der Waals surface area contributed by atoms with Crippen LogP contribution in [0.2, 0.25) is 0 Å². The Bertz CT molecular complexity index is 3680. The number of para-hydroxylation sites is 4. The van der Waals surface area contributed by atoms with E-state index in [2.05, 4.69) is 312 Å². The molecule has 12 aromatic rings. The highest BCUT2D eigenvalue weighted by Gasteiger charge is 2.22. The summed E-state index contributed by atoms with van der Waals surface area (Å²) in [6, 6.07) is 104. The fourth-order valence-corrected chi connectivity index (χ4v) is 10.0. The average molecular weight is 923 g/mol. The van der Waals surface area contributed by atoms with Gasteiger partial charge in [-0.1, -0.05) is 188 Å². The zero-order chi connectivity index (χ0) is 48.1. The molecule has 0 atom stereocenters. The topological polar surface area (TPSA) is 30.5 Å². The van der Waals surface area contributed by atoms with Crippen LogP contribution >= 0.6 is 0 Å². The zero-order valence-electron chi connectivity index (χ0n) is 39.6. The van der Waals surface area contributed by atoms with Crippen molar-refractivity contribution in [1.29, 1.82) is 0 Å². The molecule has 0 aliphatic carbocycles. The first-order valence-corrected chi connectivity index (χ1v) is 24.5. The molecule has 4 nitrogen and oxygen atoms in total. The van der Waals surface area contributed by atoms with Gasteiger partial charge in [-0.05, 0) is 142 Å². The first kappa shape index (κ1) is 43.6. The van der Waals surface area contributed by atoms with Gasteiger partial charge in [-0.15, -0.1) is 0 Å². The van der Waals surface area contributed by atoms with Crippen molar-refractivity contribution in [3.05, 3.63) is 291 Å². The lowest BCUT2D eigenvalue weighted by molar-refractivity contribution is 1.28. The Labute approximate surface area is 421 Å². The van der Waals surface area contributed by atoms with E-state index in [4.69, 9.17) is 0 Å². The van der Waals surface area contributed by atoms with E-state index in [1.165, 1.54) is 16.2 Å². The second-order valence-electron chi connectivity index (χ2n) is 17.9. The Kier molecular flexibility index (Phi) is 12.0. The predicted octanol–water partition coefficient (Wildman–Crippen LogP) is 19.4. The smallest absolute Gasteiger partial charge is 0.0470 e. The standard InChI is InChI=1S/C68H50N4/c1-5-23-55(24-6-1)71(56-25-7-2-8-26-56)59-43-37-52(38-44-59)67-63(51-35-41-54(42-36-51)69-64-33-17-21-49-19-13-15-31-61(49)64)47-48-66(70-65-34-18-22-50-20-14-16-32-62(50)65)68(67)53-39-45-60(46-40-53)72(57-27-9-3-10-28-57)58-29-11-4-12-30-58/h1-48,69-70H. The third-order valence-corrected chi connectivity index (χ3v) is 13.4. The molecule has 2 N–H and O–H groups in total. The van der Waals surface area contributed by atoms with Gasteiger partial charge in [0.05, 0.1) is 0 Å². The summed E-state index contributed by atoms with van der Waals surface area (Å²) >= 11 is 0. The maximum absolute atomic E-state index is 3.99. The normalized spacial score (nSPS) is 11.1. The van der Waals surface area contributed by atoms with Crippen LogP contribution in [-0.2, 0) is 0 Å². The van der Waals surface area contributed by atoms with Crippen LogP contribution in [0.25, 0.3) is 54.9 Å². The van der Waals surface area contributed by atoms with E-state index in [0.29, 0.717) is 0 Å². The van der Waals surface area contributed by atoms with Crippen molar-refractivity contribution in [3.63, 3.8) is 0 Å². The molecule has 0 unspecified atom stereocenters. The first-order valence-electron chi connectivity index (χ1n) is 24.5. The Balaban J connectivity index is 1.04. The highest BCUT2D eigenvalue weighted by molar-refractivity contribution is 6.04. The molecule has 0 fully saturated rings. The van der Waals surface area contributed by atoms with E-state index >= 15 is 0 Å². The van der Waals surface area contributed by atoms with Crippen molar-refractivity contribution in [3.8, 4) is 33.4 Å². The van der Waals surface area contributed by atoms with E-state index in [1.807, 2.05) is 0 Å². The highest BCUT2D eigenvalue weighted by atomic mass is 15.1. The van der Waals surface area contributed by atoms with Crippen molar-refractivity contribution >= 4 is 78.4 Å². The summed E-state index contributed by atoms with van der Waals surface area (Å²) in [7, 11) is 0. The molecular formula is C68H50N4. The summed E-state index contributed by atoms with van der Waals surface area (Å²) < 4.78 is 0. The predicted molar refractivity (Wildman–Crippen MR) is 307 cm³/mol. The van der Waals surface area contributed by atoms with Gasteiger partial charge in [0, 0.05) is 73.2 Å². The van der Waals surface area contributed by atoms with E-state index in [1.54, 1.807) is 0 Å². The number of rotatable bonds is 13. The summed E-state index contributed by atoms with van der Waals surface area (Å²) in [6.45, 7) is 0. The van der Waals surface area contributed by atoms with Crippen molar-refractivity contribution in [1.82, 2.24) is 0 Å². The first-order chi connectivity index (χ1) is 35.7. The SMILES string of the molecule is c1ccc(N(c2ccccc2)c2ccc(-c3c(Nc4cccc5ccccc45)ccc(-c4ccc(Nc5cccc6ccccc56)cc4)c3-c3ccc(N(c4ccccc4)c4ccccc4)cc3)cc2)cc1. The van der Waals surface area contributed by atoms with Gasteiger partial charge in [-0.2, -0.15) is 0 Å². The van der Waals surface area contributed by atoms with Crippen LogP contribution in [0.1, 0.15) is 0 Å². The molecule has 342 valence electrons. The minimum Gasteiger partial charge on any atom is -0.355 e. The zero-order valence-corrected chi connectivity index (χ0v) is 39.6. The fourth-order valence-electron chi connectivity index (χ4n) is 10.0. The maximum Gasteiger partial charge on any atom is 0.0470 e. The summed E-state index contributed by atoms with van der Waals surface area (Å²) in [5.41, 5.74) is 17.3. The quantitative estimate of drug-likeness (QED) is 0.121. The van der Waals surface area contributed by atoms with E-state index in [9.17, 15) is 0 Å². The second-order valence-corrected chi connectivity index (χ2v) is 17.9. The summed E-state index contributed by atoms with van der Waals surface area (Å²) in [5, 5.41) is 12.4. The third kappa shape index (κ3) is 8.81. The number of hydrogen-bond donors (Lipinski definition) is 2. The third-order valence-electron chi connectivity index (χ3n) is 13.4. The molecular weight excluding hydrogens is 873 g/mol. The molecule has 0 saturated heterocycles. The summed E-state index contributed by atoms with van der Waals surface area (Å²) in [4.78, 5) is 4.63. The number of nitrogens with zero attached hydrogens (tertiary/aromatic N) is 2. The van der Waals surface area contributed by atoms with Gasteiger partial charge in [-0.25, -0.2) is 0 Å². The molecule has 0 amide bonds. The molecule has 0 aliphatic heterocycles. The summed E-state index contributed by atoms with van der Waals surface area (Å²) in [6.07, 6.45) is 0. The van der Waals surface area contributed by atoms with Crippen LogP contribution in [-0.4, -0.2) is 0 Å². The lowest BCUT2D eigenvalue weighted by atomic mass is 9.86. The van der Waals surface area contributed by atoms with Crippen LogP contribution in [0.3, 0.4) is 0 Å². The number of benzene rings is 12. The lowest BCUT2D eigenvalue weighted by Crippen LogP contribution is -2.09. The van der Waals surface area contributed by atoms with Gasteiger partial charge in [0.25, 0.3) is 0 Å². The molecule has 12 rings (SSSR count). The second kappa shape index (κ2) is 19.8. The van der Waals surface area contributed by atoms with Crippen LogP contribution < -0.4 is 20.4 Å². The van der Waals surface area contributed by atoms with E-state index < -0.39 is 0 Å². The van der Waals surface area contributed by atoms with Gasteiger partial charge >= 0.3 is 0 Å². The van der Waals surface area contributed by atoms with Gasteiger partial charge in [0.1, 0.15) is 0 Å². The largest absolute Gasteiger partial charge is 0.355 e. The van der Waals surface area contributed by atoms with Crippen molar-refractivity contribution in [2.24, 2.45) is 0 Å². The average Bonchev–Trinajstić information content (AvgIpc) is 3.45. The maximum atomic E-state index is 3.99. The number of nitrogens with one attached hydrogen (secondary N) is 2. The van der Waals surface area contributed by atoms with Crippen LogP contribution in [0.5, 0.6) is 0 Å². The molecule has 0 bridgehead atoms. The molecule has 0 spiro atoms. The molecule has 0 radical (unpaired) electrons. The number of anilines is 10. The molecule has 12 aromatic carbocycles. The molecule has 4 heteroatoms. The van der Waals surface area contributed by atoms with Crippen LogP contribution in [0.4, 0.5) is 56.9 Å². The molecule has 0 saturated carbocycles. The van der Waals surface area contributed by atoms with Gasteiger partial charge in [0.2, 0.25) is 0 Å². The minimum atomic E-state index is 1.01. The Morgan fingerprint density at radius 1 is 0.222 bits per heavy atom. The molecule has 0 aromatic heterocycles. The number of fused-ring (bicyclic) bond motifs is 2. The molecule has 72 heavy (non-hydrogen) atoms. The van der Waals surface area contributed by atoms with E-state index in [0.717, 1.165) is 95.6 Å². The van der Waals surface area contributed by atoms with Gasteiger partial charge < -0.3 is 20.4 Å². The van der Waals surface area contributed by atoms with E-state index in [-0.39, 0.29) is 0 Å². The molecule has 0 aliphatic rings. The van der Waals surface area contributed by atoms with Gasteiger partial charge in [-0.3, -0.25) is 0 Å². The van der Waals surface area contributed by atoms with Crippen LogP contribution in [0.15, 0.2) is 291 Å². The Morgan fingerprint density at radius 2 is 0.583 bits per heavy atom.